The van der Waals surface area contributed by atoms with Crippen molar-refractivity contribution in [1.82, 2.24) is 9.80 Å². The number of anilines is 1. The summed E-state index contributed by atoms with van der Waals surface area (Å²) in [7, 11) is 3.40. The molecular weight excluding hydrogens is 354 g/mol. The van der Waals surface area contributed by atoms with Crippen molar-refractivity contribution in [3.05, 3.63) is 60.2 Å². The molecule has 0 saturated heterocycles. The zero-order valence-corrected chi connectivity index (χ0v) is 17.0. The summed E-state index contributed by atoms with van der Waals surface area (Å²) in [4.78, 5) is 29.2. The van der Waals surface area contributed by atoms with Gasteiger partial charge < -0.3 is 15.0 Å². The summed E-state index contributed by atoms with van der Waals surface area (Å²) in [6.45, 7) is 5.37. The van der Waals surface area contributed by atoms with Gasteiger partial charge in [-0.25, -0.2) is 0 Å². The van der Waals surface area contributed by atoms with E-state index in [2.05, 4.69) is 5.32 Å². The van der Waals surface area contributed by atoms with E-state index in [9.17, 15) is 9.59 Å². The first-order valence-corrected chi connectivity index (χ1v) is 9.48. The smallest absolute Gasteiger partial charge is 0.246 e. The van der Waals surface area contributed by atoms with Gasteiger partial charge in [0.15, 0.2) is 0 Å². The topological polar surface area (TPSA) is 61.9 Å². The van der Waals surface area contributed by atoms with Crippen molar-refractivity contribution in [1.29, 1.82) is 0 Å². The predicted octanol–water partition coefficient (Wildman–Crippen LogP) is 3.18. The Morgan fingerprint density at radius 1 is 1.00 bits per heavy atom. The molecule has 2 aromatic carbocycles. The third-order valence-electron chi connectivity index (χ3n) is 4.66. The average Bonchev–Trinajstić information content (AvgIpc) is 2.70. The van der Waals surface area contributed by atoms with Crippen molar-refractivity contribution < 1.29 is 14.3 Å². The number of amides is 2. The number of methoxy groups -OCH3 is 1. The lowest BCUT2D eigenvalue weighted by molar-refractivity contribution is -0.133. The second-order valence-electron chi connectivity index (χ2n) is 6.51. The molecule has 0 aliphatic carbocycles. The lowest BCUT2D eigenvalue weighted by Crippen LogP contribution is -2.43. The predicted molar refractivity (Wildman–Crippen MR) is 111 cm³/mol. The molecule has 150 valence electrons. The third-order valence-corrected chi connectivity index (χ3v) is 4.66. The molecule has 2 aromatic rings. The molecule has 0 aliphatic heterocycles. The van der Waals surface area contributed by atoms with E-state index in [1.54, 1.807) is 48.2 Å². The second-order valence-corrected chi connectivity index (χ2v) is 6.51. The fraction of sp³-hybridized carbons (Fsp3) is 0.364. The van der Waals surface area contributed by atoms with Gasteiger partial charge in [0, 0.05) is 18.8 Å². The minimum atomic E-state index is -0.581. The lowest BCUT2D eigenvalue weighted by atomic mass is 10.0. The van der Waals surface area contributed by atoms with E-state index in [0.717, 1.165) is 11.3 Å². The zero-order chi connectivity index (χ0) is 20.5. The molecule has 0 aromatic heterocycles. The molecule has 2 rings (SSSR count). The fourth-order valence-electron chi connectivity index (χ4n) is 3.11. The number of hydrogen-bond donors (Lipinski definition) is 1. The number of ether oxygens (including phenoxy) is 1. The molecule has 6 nitrogen and oxygen atoms in total. The van der Waals surface area contributed by atoms with E-state index in [1.165, 1.54) is 0 Å². The van der Waals surface area contributed by atoms with Crippen molar-refractivity contribution in [2.45, 2.75) is 19.9 Å². The van der Waals surface area contributed by atoms with Crippen molar-refractivity contribution in [2.24, 2.45) is 0 Å². The van der Waals surface area contributed by atoms with Gasteiger partial charge in [-0.2, -0.15) is 0 Å². The number of nitrogens with one attached hydrogen (secondary N) is 1. The summed E-state index contributed by atoms with van der Waals surface area (Å²) in [5.41, 5.74) is 1.51. The number of carbonyl (C=O) groups is 2. The van der Waals surface area contributed by atoms with Crippen LogP contribution in [-0.4, -0.2) is 55.4 Å². The van der Waals surface area contributed by atoms with E-state index >= 15 is 0 Å². The standard InChI is InChI=1S/C22H29N3O3/c1-5-25(6-2)20(26)16-24(3)21(17-10-8-7-9-11-17)22(27)23-18-12-14-19(28-4)15-13-18/h7-15,21H,5-6,16H2,1-4H3,(H,23,27). The first-order chi connectivity index (χ1) is 13.5. The lowest BCUT2D eigenvalue weighted by Gasteiger charge is -2.29. The van der Waals surface area contributed by atoms with Gasteiger partial charge in [-0.1, -0.05) is 30.3 Å². The molecule has 6 heteroatoms. The van der Waals surface area contributed by atoms with E-state index < -0.39 is 6.04 Å². The number of rotatable bonds is 9. The molecule has 0 spiro atoms. The molecule has 0 radical (unpaired) electrons. The molecule has 1 atom stereocenters. The van der Waals surface area contributed by atoms with Gasteiger partial charge in [0.1, 0.15) is 11.8 Å². The van der Waals surface area contributed by atoms with Crippen LogP contribution in [0, 0.1) is 0 Å². The fourth-order valence-corrected chi connectivity index (χ4v) is 3.11. The summed E-state index contributed by atoms with van der Waals surface area (Å²) < 4.78 is 5.15. The Morgan fingerprint density at radius 2 is 1.61 bits per heavy atom. The molecule has 0 saturated carbocycles. The summed E-state index contributed by atoms with van der Waals surface area (Å²) >= 11 is 0. The highest BCUT2D eigenvalue weighted by Gasteiger charge is 2.27. The Morgan fingerprint density at radius 3 is 2.14 bits per heavy atom. The first-order valence-electron chi connectivity index (χ1n) is 9.48. The van der Waals surface area contributed by atoms with Gasteiger partial charge in [-0.05, 0) is 50.7 Å². The van der Waals surface area contributed by atoms with Gasteiger partial charge >= 0.3 is 0 Å². The summed E-state index contributed by atoms with van der Waals surface area (Å²) in [5, 5.41) is 2.94. The van der Waals surface area contributed by atoms with Gasteiger partial charge in [-0.3, -0.25) is 14.5 Å². The third kappa shape index (κ3) is 5.57. The Labute approximate surface area is 167 Å². The van der Waals surface area contributed by atoms with Crippen molar-refractivity contribution in [3.8, 4) is 5.75 Å². The van der Waals surface area contributed by atoms with Gasteiger partial charge in [0.05, 0.1) is 13.7 Å². The van der Waals surface area contributed by atoms with Crippen molar-refractivity contribution in [2.75, 3.05) is 39.1 Å². The SMILES string of the molecule is CCN(CC)C(=O)CN(C)C(C(=O)Nc1ccc(OC)cc1)c1ccccc1. The normalized spacial score (nSPS) is 11.8. The van der Waals surface area contributed by atoms with E-state index in [0.29, 0.717) is 18.8 Å². The van der Waals surface area contributed by atoms with E-state index in [4.69, 9.17) is 4.74 Å². The quantitative estimate of drug-likeness (QED) is 0.722. The molecule has 1 unspecified atom stereocenters. The Bertz CT molecular complexity index is 758. The summed E-state index contributed by atoms with van der Waals surface area (Å²) in [6.07, 6.45) is 0. The number of benzene rings is 2. The van der Waals surface area contributed by atoms with Crippen LogP contribution >= 0.6 is 0 Å². The minimum Gasteiger partial charge on any atom is -0.497 e. The maximum atomic E-state index is 13.1. The molecular formula is C22H29N3O3. The monoisotopic (exact) mass is 383 g/mol. The minimum absolute atomic E-state index is 0.00526. The van der Waals surface area contributed by atoms with Crippen LogP contribution in [0.2, 0.25) is 0 Å². The molecule has 28 heavy (non-hydrogen) atoms. The van der Waals surface area contributed by atoms with Crippen LogP contribution in [0.1, 0.15) is 25.5 Å². The molecule has 0 heterocycles. The van der Waals surface area contributed by atoms with Crippen LogP contribution < -0.4 is 10.1 Å². The Hall–Kier alpha value is -2.86. The Kier molecular flexibility index (Phi) is 8.02. The number of hydrogen-bond acceptors (Lipinski definition) is 4. The van der Waals surface area contributed by atoms with Crippen molar-refractivity contribution in [3.63, 3.8) is 0 Å². The van der Waals surface area contributed by atoms with Gasteiger partial charge in [0.25, 0.3) is 0 Å². The van der Waals surface area contributed by atoms with Crippen LogP contribution in [0.15, 0.2) is 54.6 Å². The molecule has 1 N–H and O–H groups in total. The maximum absolute atomic E-state index is 13.1. The van der Waals surface area contributed by atoms with Crippen LogP contribution in [-0.2, 0) is 9.59 Å². The first kappa shape index (κ1) is 21.4. The van der Waals surface area contributed by atoms with E-state index in [1.807, 2.05) is 44.2 Å². The maximum Gasteiger partial charge on any atom is 0.246 e. The van der Waals surface area contributed by atoms with Crippen molar-refractivity contribution >= 4 is 17.5 Å². The highest BCUT2D eigenvalue weighted by atomic mass is 16.5. The molecule has 2 amide bonds. The summed E-state index contributed by atoms with van der Waals surface area (Å²) in [6, 6.07) is 16.1. The Balaban J connectivity index is 2.21. The number of nitrogens with zero attached hydrogens (tertiary/aromatic N) is 2. The highest BCUT2D eigenvalue weighted by molar-refractivity contribution is 5.96. The van der Waals surface area contributed by atoms with Crippen LogP contribution in [0.3, 0.4) is 0 Å². The largest absolute Gasteiger partial charge is 0.497 e. The van der Waals surface area contributed by atoms with Gasteiger partial charge in [0.2, 0.25) is 11.8 Å². The van der Waals surface area contributed by atoms with Crippen LogP contribution in [0.5, 0.6) is 5.75 Å². The van der Waals surface area contributed by atoms with Crippen LogP contribution in [0.25, 0.3) is 0 Å². The molecule has 0 fully saturated rings. The highest BCUT2D eigenvalue weighted by Crippen LogP contribution is 2.23. The number of carbonyl (C=O) groups excluding carboxylic acids is 2. The average molecular weight is 383 g/mol. The van der Waals surface area contributed by atoms with E-state index in [-0.39, 0.29) is 18.4 Å². The zero-order valence-electron chi connectivity index (χ0n) is 17.0. The van der Waals surface area contributed by atoms with Crippen LogP contribution in [0.4, 0.5) is 5.69 Å². The summed E-state index contributed by atoms with van der Waals surface area (Å²) in [5.74, 6) is 0.538. The second kappa shape index (κ2) is 10.5. The van der Waals surface area contributed by atoms with Gasteiger partial charge in [-0.15, -0.1) is 0 Å². The molecule has 0 aliphatic rings. The molecule has 0 bridgehead atoms. The number of likely N-dealkylation sites (N-methyl/N-ethyl adjacent to an activating group) is 2.